The van der Waals surface area contributed by atoms with Gasteiger partial charge in [0.2, 0.25) is 12.7 Å². The van der Waals surface area contributed by atoms with E-state index in [9.17, 15) is 4.79 Å². The lowest BCUT2D eigenvalue weighted by atomic mass is 9.89. The molecular weight excluding hydrogens is 352 g/mol. The number of hydrogen-bond acceptors (Lipinski definition) is 4. The molecule has 2 unspecified atom stereocenters. The van der Waals surface area contributed by atoms with E-state index in [-0.39, 0.29) is 24.8 Å². The third kappa shape index (κ3) is 4.14. The third-order valence-corrected chi connectivity index (χ3v) is 5.67. The molecule has 2 aromatic rings. The summed E-state index contributed by atoms with van der Waals surface area (Å²) in [4.78, 5) is 12.5. The zero-order valence-corrected chi connectivity index (χ0v) is 16.6. The first-order chi connectivity index (χ1) is 13.6. The molecule has 1 heterocycles. The average Bonchev–Trinajstić information content (AvgIpc) is 3.19. The van der Waals surface area contributed by atoms with Crippen molar-refractivity contribution in [3.05, 3.63) is 58.7 Å². The number of ether oxygens (including phenoxy) is 2. The molecule has 2 aromatic carbocycles. The maximum Gasteiger partial charge on any atom is 0.237 e. The minimum absolute atomic E-state index is 0.0116. The molecule has 1 aliphatic carbocycles. The number of benzene rings is 2. The molecule has 0 fully saturated rings. The Morgan fingerprint density at radius 2 is 1.79 bits per heavy atom. The zero-order valence-electron chi connectivity index (χ0n) is 16.6. The fourth-order valence-corrected chi connectivity index (χ4v) is 3.96. The Bertz CT molecular complexity index is 865. The summed E-state index contributed by atoms with van der Waals surface area (Å²) in [7, 11) is 0. The Hall–Kier alpha value is -2.53. The Morgan fingerprint density at radius 3 is 2.64 bits per heavy atom. The van der Waals surface area contributed by atoms with E-state index in [0.717, 1.165) is 17.1 Å². The van der Waals surface area contributed by atoms with Crippen LogP contribution in [0.4, 0.5) is 0 Å². The maximum atomic E-state index is 12.5. The van der Waals surface area contributed by atoms with Crippen molar-refractivity contribution in [3.63, 3.8) is 0 Å². The summed E-state index contributed by atoms with van der Waals surface area (Å²) >= 11 is 0. The van der Waals surface area contributed by atoms with Crippen molar-refractivity contribution in [2.75, 3.05) is 6.79 Å². The highest BCUT2D eigenvalue weighted by atomic mass is 16.7. The first-order valence-electron chi connectivity index (χ1n) is 10.1. The van der Waals surface area contributed by atoms with E-state index in [0.29, 0.717) is 6.54 Å². The SMILES string of the molecule is CC(NC(C)c1ccc2c(c1)CCCC2)C(=O)NCc1ccc2c(c1)OCO2. The molecule has 0 radical (unpaired) electrons. The highest BCUT2D eigenvalue weighted by Crippen LogP contribution is 2.32. The second-order valence-electron chi connectivity index (χ2n) is 7.75. The van der Waals surface area contributed by atoms with Crippen LogP contribution in [0, 0.1) is 0 Å². The highest BCUT2D eigenvalue weighted by Gasteiger charge is 2.18. The van der Waals surface area contributed by atoms with Crippen LogP contribution in [0.1, 0.15) is 55.0 Å². The molecule has 0 saturated carbocycles. The third-order valence-electron chi connectivity index (χ3n) is 5.67. The largest absolute Gasteiger partial charge is 0.454 e. The van der Waals surface area contributed by atoms with Gasteiger partial charge in [0.15, 0.2) is 11.5 Å². The van der Waals surface area contributed by atoms with Crippen LogP contribution >= 0.6 is 0 Å². The van der Waals surface area contributed by atoms with E-state index in [2.05, 4.69) is 35.8 Å². The molecule has 5 nitrogen and oxygen atoms in total. The van der Waals surface area contributed by atoms with Gasteiger partial charge in [0, 0.05) is 12.6 Å². The lowest BCUT2D eigenvalue weighted by Crippen LogP contribution is -2.42. The standard InChI is InChI=1S/C23H28N2O3/c1-15(19-9-8-18-5-3-4-6-20(18)12-19)25-16(2)23(26)24-13-17-7-10-21-22(11-17)28-14-27-21/h7-12,15-16,25H,3-6,13-14H2,1-2H3,(H,24,26). The van der Waals surface area contributed by atoms with Gasteiger partial charge in [-0.15, -0.1) is 0 Å². The van der Waals surface area contributed by atoms with E-state index in [1.54, 1.807) is 0 Å². The summed E-state index contributed by atoms with van der Waals surface area (Å²) in [5.41, 5.74) is 5.19. The van der Waals surface area contributed by atoms with Crippen LogP contribution in [0.25, 0.3) is 0 Å². The molecule has 1 aliphatic heterocycles. The van der Waals surface area contributed by atoms with Crippen molar-refractivity contribution in [2.45, 2.75) is 58.2 Å². The Kier molecular flexibility index (Phi) is 5.53. The van der Waals surface area contributed by atoms with Crippen LogP contribution in [-0.4, -0.2) is 18.7 Å². The number of nitrogens with one attached hydrogen (secondary N) is 2. The van der Waals surface area contributed by atoms with E-state index in [4.69, 9.17) is 9.47 Å². The maximum absolute atomic E-state index is 12.5. The zero-order chi connectivity index (χ0) is 19.5. The van der Waals surface area contributed by atoms with Crippen LogP contribution in [0.3, 0.4) is 0 Å². The van der Waals surface area contributed by atoms with Crippen LogP contribution < -0.4 is 20.1 Å². The molecule has 0 saturated heterocycles. The number of aryl methyl sites for hydroxylation is 2. The number of fused-ring (bicyclic) bond motifs is 2. The van der Waals surface area contributed by atoms with Crippen molar-refractivity contribution in [2.24, 2.45) is 0 Å². The van der Waals surface area contributed by atoms with Gasteiger partial charge < -0.3 is 14.8 Å². The molecule has 5 heteroatoms. The van der Waals surface area contributed by atoms with Crippen molar-refractivity contribution in [1.29, 1.82) is 0 Å². The van der Waals surface area contributed by atoms with Crippen LogP contribution in [-0.2, 0) is 24.2 Å². The summed E-state index contributed by atoms with van der Waals surface area (Å²) in [6, 6.07) is 12.3. The van der Waals surface area contributed by atoms with Crippen LogP contribution in [0.15, 0.2) is 36.4 Å². The minimum atomic E-state index is -0.278. The number of carbonyl (C=O) groups is 1. The van der Waals surface area contributed by atoms with Gasteiger partial charge in [-0.2, -0.15) is 0 Å². The molecule has 1 amide bonds. The summed E-state index contributed by atoms with van der Waals surface area (Å²) in [5, 5.41) is 6.42. The molecule has 2 atom stereocenters. The van der Waals surface area contributed by atoms with Gasteiger partial charge in [0.05, 0.1) is 6.04 Å². The summed E-state index contributed by atoms with van der Waals surface area (Å²) in [6.45, 7) is 4.75. The molecule has 28 heavy (non-hydrogen) atoms. The fraction of sp³-hybridized carbons (Fsp3) is 0.435. The molecule has 2 N–H and O–H groups in total. The van der Waals surface area contributed by atoms with Crippen molar-refractivity contribution in [1.82, 2.24) is 10.6 Å². The first kappa shape index (κ1) is 18.8. The topological polar surface area (TPSA) is 59.6 Å². The van der Waals surface area contributed by atoms with Gasteiger partial charge in [-0.25, -0.2) is 0 Å². The molecule has 2 aliphatic rings. The number of amides is 1. The van der Waals surface area contributed by atoms with E-state index < -0.39 is 0 Å². The Morgan fingerprint density at radius 1 is 1.00 bits per heavy atom. The van der Waals surface area contributed by atoms with Crippen molar-refractivity contribution < 1.29 is 14.3 Å². The van der Waals surface area contributed by atoms with Crippen LogP contribution in [0.2, 0.25) is 0 Å². The summed E-state index contributed by atoms with van der Waals surface area (Å²) in [5.74, 6) is 1.48. The van der Waals surface area contributed by atoms with Gasteiger partial charge >= 0.3 is 0 Å². The molecule has 4 rings (SSSR count). The van der Waals surface area contributed by atoms with E-state index in [1.807, 2.05) is 25.1 Å². The van der Waals surface area contributed by atoms with Gasteiger partial charge in [0.25, 0.3) is 0 Å². The van der Waals surface area contributed by atoms with Gasteiger partial charge in [-0.05, 0) is 73.9 Å². The monoisotopic (exact) mass is 380 g/mol. The number of carbonyl (C=O) groups excluding carboxylic acids is 1. The van der Waals surface area contributed by atoms with E-state index >= 15 is 0 Å². The molecule has 0 bridgehead atoms. The van der Waals surface area contributed by atoms with Gasteiger partial charge in [-0.3, -0.25) is 10.1 Å². The average molecular weight is 380 g/mol. The summed E-state index contributed by atoms with van der Waals surface area (Å²) < 4.78 is 10.7. The lowest BCUT2D eigenvalue weighted by molar-refractivity contribution is -0.123. The predicted molar refractivity (Wildman–Crippen MR) is 109 cm³/mol. The van der Waals surface area contributed by atoms with E-state index in [1.165, 1.54) is 42.4 Å². The smallest absolute Gasteiger partial charge is 0.237 e. The second-order valence-corrected chi connectivity index (χ2v) is 7.75. The Labute approximate surface area is 166 Å². The second kappa shape index (κ2) is 8.23. The van der Waals surface area contributed by atoms with Crippen LogP contribution in [0.5, 0.6) is 11.5 Å². The van der Waals surface area contributed by atoms with Gasteiger partial charge in [-0.1, -0.05) is 24.3 Å². The normalized spacial score (nSPS) is 16.9. The van der Waals surface area contributed by atoms with Crippen molar-refractivity contribution >= 4 is 5.91 Å². The fourth-order valence-electron chi connectivity index (χ4n) is 3.96. The minimum Gasteiger partial charge on any atom is -0.454 e. The molecule has 0 spiro atoms. The molecule has 148 valence electrons. The predicted octanol–water partition coefficient (Wildman–Crippen LogP) is 3.65. The van der Waals surface area contributed by atoms with Gasteiger partial charge in [0.1, 0.15) is 0 Å². The molecular formula is C23H28N2O3. The lowest BCUT2D eigenvalue weighted by Gasteiger charge is -2.22. The summed E-state index contributed by atoms with van der Waals surface area (Å²) in [6.07, 6.45) is 4.93. The number of hydrogen-bond donors (Lipinski definition) is 2. The van der Waals surface area contributed by atoms with Crippen molar-refractivity contribution in [3.8, 4) is 11.5 Å². The first-order valence-corrected chi connectivity index (χ1v) is 10.1. The Balaban J connectivity index is 1.31. The highest BCUT2D eigenvalue weighted by molar-refractivity contribution is 5.81. The number of rotatable bonds is 6. The quantitative estimate of drug-likeness (QED) is 0.803. The molecule has 0 aromatic heterocycles.